The Balaban J connectivity index is 1.00. The second-order valence-corrected chi connectivity index (χ2v) is 20.6. The van der Waals surface area contributed by atoms with Crippen LogP contribution in [-0.2, 0) is 28.7 Å². The predicted molar refractivity (Wildman–Crippen MR) is 240 cm³/mol. The second-order valence-electron chi connectivity index (χ2n) is 19.1. The largest absolute Gasteiger partial charge is 0.446 e. The van der Waals surface area contributed by atoms with Gasteiger partial charge in [0.05, 0.1) is 22.9 Å². The van der Waals surface area contributed by atoms with Gasteiger partial charge < -0.3 is 35.2 Å². The lowest BCUT2D eigenvalue weighted by atomic mass is 9.92. The summed E-state index contributed by atoms with van der Waals surface area (Å²) in [6.45, 7) is 15.6. The van der Waals surface area contributed by atoms with Gasteiger partial charge in [-0.1, -0.05) is 64.2 Å². The van der Waals surface area contributed by atoms with Crippen LogP contribution in [-0.4, -0.2) is 139 Å². The molecule has 1 unspecified atom stereocenters. The number of imide groups is 1. The maximum Gasteiger partial charge on any atom is 0.407 e. The second kappa shape index (κ2) is 26.9. The lowest BCUT2D eigenvalue weighted by Gasteiger charge is -2.35. The molecule has 3 N–H and O–H groups in total. The molecule has 0 aromatic rings. The van der Waals surface area contributed by atoms with E-state index >= 15 is 0 Å². The molecule has 2 heterocycles. The summed E-state index contributed by atoms with van der Waals surface area (Å²) >= 11 is 1.69. The van der Waals surface area contributed by atoms with Crippen molar-refractivity contribution in [1.29, 1.82) is 0 Å². The van der Waals surface area contributed by atoms with E-state index in [1.54, 1.807) is 11.8 Å². The van der Waals surface area contributed by atoms with Crippen LogP contribution in [0.3, 0.4) is 0 Å². The molecule has 5 amide bonds. The first-order chi connectivity index (χ1) is 28.8. The minimum absolute atomic E-state index is 0.0409. The quantitative estimate of drug-likeness (QED) is 0.0831. The van der Waals surface area contributed by atoms with Crippen molar-refractivity contribution in [3.63, 3.8) is 0 Å². The van der Waals surface area contributed by atoms with Crippen molar-refractivity contribution in [3.05, 3.63) is 0 Å². The number of amides is 5. The topological polar surface area (TPSA) is 150 Å². The fraction of sp³-hybridized carbons (Fsp3) is 0.891. The molecule has 2 aliphatic heterocycles. The third-order valence-electron chi connectivity index (χ3n) is 12.8. The number of likely N-dealkylation sites (tertiary alicyclic amines) is 1. The van der Waals surface area contributed by atoms with Gasteiger partial charge in [-0.2, -0.15) is 0 Å². The first-order valence-corrected chi connectivity index (χ1v) is 24.8. The molecule has 4 rings (SSSR count). The third kappa shape index (κ3) is 19.3. The van der Waals surface area contributed by atoms with E-state index in [0.29, 0.717) is 31.3 Å². The molecular formula is C46H82N6O7S. The molecule has 0 radical (unpaired) electrons. The highest BCUT2D eigenvalue weighted by Crippen LogP contribution is 2.34. The first-order valence-electron chi connectivity index (χ1n) is 23.9. The van der Waals surface area contributed by atoms with E-state index in [0.717, 1.165) is 90.6 Å². The van der Waals surface area contributed by atoms with Gasteiger partial charge in [-0.05, 0) is 98.6 Å². The van der Waals surface area contributed by atoms with Crippen LogP contribution in [0.2, 0.25) is 0 Å². The number of thioether (sulfide) groups is 1. The SMILES string of the molecule is CC(C)(CCNC(=O)CCN1C(=O)CC(SC2CCCCCCCCC2)C1=O)OCC(C)(C)C(=O)NCCCN1CCN(CCCNC(=O)OC2CCCCCCC2)CC1. The maximum absolute atomic E-state index is 13.2. The minimum Gasteiger partial charge on any atom is -0.446 e. The molecule has 13 nitrogen and oxygen atoms in total. The van der Waals surface area contributed by atoms with Crippen LogP contribution in [0.15, 0.2) is 0 Å². The minimum atomic E-state index is -0.717. The number of hydrogen-bond acceptors (Lipinski definition) is 10. The fourth-order valence-electron chi connectivity index (χ4n) is 8.66. The molecule has 4 aliphatic rings. The van der Waals surface area contributed by atoms with Crippen LogP contribution in [0.1, 0.15) is 163 Å². The number of carbonyl (C=O) groups excluding carboxylic acids is 5. The standard InChI is InChI=1S/C46H82N6O7S/c1-45(2,43(56)48-25-17-28-50-31-33-51(34-32-50)29-18-26-49-44(57)59-37-19-13-9-8-10-14-20-37)36-58-46(3,4)24-27-47-40(53)23-30-52-41(54)35-39(42(52)55)60-38-21-15-11-6-5-7-12-16-22-38/h37-39H,5-36H2,1-4H3,(H,47,53)(H,48,56)(H,49,57). The van der Waals surface area contributed by atoms with E-state index in [1.165, 1.54) is 69.1 Å². The molecule has 2 aliphatic carbocycles. The van der Waals surface area contributed by atoms with Gasteiger partial charge in [0.15, 0.2) is 0 Å². The van der Waals surface area contributed by atoms with Crippen molar-refractivity contribution in [3.8, 4) is 0 Å². The van der Waals surface area contributed by atoms with E-state index in [1.807, 2.05) is 27.7 Å². The van der Waals surface area contributed by atoms with Gasteiger partial charge in [0.2, 0.25) is 23.6 Å². The van der Waals surface area contributed by atoms with Crippen LogP contribution in [0.25, 0.3) is 0 Å². The molecular weight excluding hydrogens is 781 g/mol. The van der Waals surface area contributed by atoms with Gasteiger partial charge in [0.25, 0.3) is 0 Å². The average Bonchev–Trinajstić information content (AvgIpc) is 3.47. The number of nitrogens with zero attached hydrogens (tertiary/aromatic N) is 3. The molecule has 2 saturated heterocycles. The van der Waals surface area contributed by atoms with E-state index in [-0.39, 0.29) is 67.1 Å². The molecule has 2 saturated carbocycles. The van der Waals surface area contributed by atoms with E-state index in [4.69, 9.17) is 9.47 Å². The lowest BCUT2D eigenvalue weighted by molar-refractivity contribution is -0.139. The molecule has 14 heteroatoms. The van der Waals surface area contributed by atoms with Gasteiger partial charge in [-0.3, -0.25) is 24.1 Å². The zero-order valence-corrected chi connectivity index (χ0v) is 38.8. The molecule has 0 spiro atoms. The Hall–Kier alpha value is -2.42. The van der Waals surface area contributed by atoms with Gasteiger partial charge >= 0.3 is 6.09 Å². The number of alkyl carbamates (subject to hydrolysis) is 1. The molecule has 60 heavy (non-hydrogen) atoms. The van der Waals surface area contributed by atoms with Crippen LogP contribution in [0.4, 0.5) is 4.79 Å². The Morgan fingerprint density at radius 2 is 1.22 bits per heavy atom. The van der Waals surface area contributed by atoms with Crippen LogP contribution < -0.4 is 16.0 Å². The predicted octanol–water partition coefficient (Wildman–Crippen LogP) is 6.81. The molecule has 344 valence electrons. The Bertz CT molecular complexity index is 1310. The number of piperazine rings is 1. The van der Waals surface area contributed by atoms with Crippen molar-refractivity contribution < 1.29 is 33.4 Å². The smallest absolute Gasteiger partial charge is 0.407 e. The van der Waals surface area contributed by atoms with Gasteiger partial charge in [-0.25, -0.2) is 4.79 Å². The Labute approximate surface area is 366 Å². The third-order valence-corrected chi connectivity index (χ3v) is 14.4. The molecule has 0 aromatic carbocycles. The van der Waals surface area contributed by atoms with Crippen molar-refractivity contribution in [1.82, 2.24) is 30.7 Å². The van der Waals surface area contributed by atoms with Crippen LogP contribution >= 0.6 is 11.8 Å². The van der Waals surface area contributed by atoms with E-state index in [9.17, 15) is 24.0 Å². The normalized spacial score (nSPS) is 21.6. The Morgan fingerprint density at radius 1 is 0.683 bits per heavy atom. The summed E-state index contributed by atoms with van der Waals surface area (Å²) in [4.78, 5) is 70.2. The van der Waals surface area contributed by atoms with E-state index in [2.05, 4.69) is 25.8 Å². The average molecular weight is 863 g/mol. The summed E-state index contributed by atoms with van der Waals surface area (Å²) in [5.74, 6) is -0.541. The van der Waals surface area contributed by atoms with Crippen LogP contribution in [0.5, 0.6) is 0 Å². The molecule has 1 atom stereocenters. The number of ether oxygens (including phenoxy) is 2. The van der Waals surface area contributed by atoms with Gasteiger partial charge in [-0.15, -0.1) is 11.8 Å². The maximum atomic E-state index is 13.2. The fourth-order valence-corrected chi connectivity index (χ4v) is 10.2. The van der Waals surface area contributed by atoms with Crippen molar-refractivity contribution in [2.75, 3.05) is 72.1 Å². The highest BCUT2D eigenvalue weighted by molar-refractivity contribution is 8.01. The highest BCUT2D eigenvalue weighted by atomic mass is 32.2. The number of nitrogens with one attached hydrogen (secondary N) is 3. The van der Waals surface area contributed by atoms with Gasteiger partial charge in [0, 0.05) is 70.4 Å². The lowest BCUT2D eigenvalue weighted by Crippen LogP contribution is -2.48. The number of hydrogen-bond donors (Lipinski definition) is 3. The zero-order chi connectivity index (χ0) is 43.2. The number of rotatable bonds is 21. The van der Waals surface area contributed by atoms with Crippen molar-refractivity contribution in [2.45, 2.75) is 185 Å². The summed E-state index contributed by atoms with van der Waals surface area (Å²) < 4.78 is 11.9. The summed E-state index contributed by atoms with van der Waals surface area (Å²) in [5, 5.41) is 9.08. The van der Waals surface area contributed by atoms with Crippen molar-refractivity contribution >= 4 is 41.5 Å². The van der Waals surface area contributed by atoms with E-state index < -0.39 is 11.0 Å². The number of carbonyl (C=O) groups is 5. The van der Waals surface area contributed by atoms with Gasteiger partial charge in [0.1, 0.15) is 6.10 Å². The summed E-state index contributed by atoms with van der Waals surface area (Å²) in [6.07, 6.45) is 21.5. The van der Waals surface area contributed by atoms with Crippen LogP contribution in [0, 0.1) is 5.41 Å². The Kier molecular flexibility index (Phi) is 22.5. The summed E-state index contributed by atoms with van der Waals surface area (Å²) in [6, 6.07) is 0. The van der Waals surface area contributed by atoms with Crippen molar-refractivity contribution in [2.24, 2.45) is 5.41 Å². The summed E-state index contributed by atoms with van der Waals surface area (Å²) in [7, 11) is 0. The molecule has 0 bridgehead atoms. The molecule has 4 fully saturated rings. The monoisotopic (exact) mass is 863 g/mol. The Morgan fingerprint density at radius 3 is 1.80 bits per heavy atom. The first kappa shape index (κ1) is 50.2. The zero-order valence-electron chi connectivity index (χ0n) is 38.0. The summed E-state index contributed by atoms with van der Waals surface area (Å²) in [5.41, 5.74) is -1.28. The molecule has 0 aromatic heterocycles. The highest BCUT2D eigenvalue weighted by Gasteiger charge is 2.40.